The van der Waals surface area contributed by atoms with E-state index in [9.17, 15) is 4.39 Å². The lowest BCUT2D eigenvalue weighted by Crippen LogP contribution is -2.39. The number of rotatable bonds is 5. The zero-order chi connectivity index (χ0) is 17.8. The Morgan fingerprint density at radius 3 is 2.88 bits per heavy atom. The van der Waals surface area contributed by atoms with Crippen LogP contribution in [0.1, 0.15) is 30.0 Å². The normalized spacial score (nSPS) is 13.2. The van der Waals surface area contributed by atoms with Crippen LogP contribution in [0, 0.1) is 12.7 Å². The summed E-state index contributed by atoms with van der Waals surface area (Å²) in [7, 11) is 1.73. The van der Waals surface area contributed by atoms with Gasteiger partial charge in [-0.3, -0.25) is 4.99 Å². The molecule has 0 radical (unpaired) electrons. The molecule has 5 nitrogen and oxygen atoms in total. The number of fused-ring (bicyclic) bond motifs is 1. The van der Waals surface area contributed by atoms with Crippen molar-refractivity contribution < 1.29 is 8.81 Å². The first kappa shape index (κ1) is 17.1. The van der Waals surface area contributed by atoms with Gasteiger partial charge in [-0.1, -0.05) is 0 Å². The molecule has 1 atom stereocenters. The van der Waals surface area contributed by atoms with Crippen LogP contribution in [0.25, 0.3) is 10.9 Å². The first-order valence-electron chi connectivity index (χ1n) is 8.36. The summed E-state index contributed by atoms with van der Waals surface area (Å²) in [6, 6.07) is 8.71. The van der Waals surface area contributed by atoms with Gasteiger partial charge in [-0.25, -0.2) is 4.39 Å². The van der Waals surface area contributed by atoms with E-state index in [2.05, 4.69) is 20.6 Å². The maximum Gasteiger partial charge on any atom is 0.191 e. The Balaban J connectivity index is 1.57. The summed E-state index contributed by atoms with van der Waals surface area (Å²) in [4.78, 5) is 7.41. The van der Waals surface area contributed by atoms with E-state index in [0.717, 1.165) is 34.4 Å². The molecule has 0 fully saturated rings. The van der Waals surface area contributed by atoms with Crippen molar-refractivity contribution in [1.82, 2.24) is 15.6 Å². The molecule has 0 saturated carbocycles. The number of hydrogen-bond donors (Lipinski definition) is 3. The average molecular weight is 342 g/mol. The molecule has 3 N–H and O–H groups in total. The lowest BCUT2D eigenvalue weighted by Gasteiger charge is -2.16. The first-order valence-corrected chi connectivity index (χ1v) is 8.36. The van der Waals surface area contributed by atoms with Crippen molar-refractivity contribution in [2.24, 2.45) is 4.99 Å². The second-order valence-electron chi connectivity index (χ2n) is 6.07. The highest BCUT2D eigenvalue weighted by molar-refractivity contribution is 5.83. The van der Waals surface area contributed by atoms with Crippen molar-refractivity contribution in [1.29, 1.82) is 0 Å². The van der Waals surface area contributed by atoms with Crippen LogP contribution in [0.2, 0.25) is 0 Å². The first-order chi connectivity index (χ1) is 12.1. The standard InChI is InChI=1S/C19H23FN4O/c1-12-4-7-18(25-12)13(2)24-19(21-3)22-9-8-14-11-23-17-6-5-15(20)10-16(14)17/h4-7,10-11,13,23H,8-9H2,1-3H3,(H2,21,22,24). The van der Waals surface area contributed by atoms with Crippen LogP contribution in [0.4, 0.5) is 4.39 Å². The maximum atomic E-state index is 13.4. The summed E-state index contributed by atoms with van der Waals surface area (Å²) in [6.07, 6.45) is 2.69. The van der Waals surface area contributed by atoms with Gasteiger partial charge in [0.05, 0.1) is 6.04 Å². The van der Waals surface area contributed by atoms with Crippen molar-refractivity contribution in [2.45, 2.75) is 26.3 Å². The molecule has 3 rings (SSSR count). The van der Waals surface area contributed by atoms with Crippen molar-refractivity contribution in [3.63, 3.8) is 0 Å². The Labute approximate surface area is 146 Å². The van der Waals surface area contributed by atoms with E-state index in [-0.39, 0.29) is 11.9 Å². The molecule has 1 unspecified atom stereocenters. The molecule has 0 aliphatic rings. The molecule has 6 heteroatoms. The van der Waals surface area contributed by atoms with Crippen molar-refractivity contribution in [3.8, 4) is 0 Å². The van der Waals surface area contributed by atoms with E-state index >= 15 is 0 Å². The van der Waals surface area contributed by atoms with Gasteiger partial charge in [0.1, 0.15) is 17.3 Å². The van der Waals surface area contributed by atoms with Gasteiger partial charge in [0, 0.05) is 30.7 Å². The Hall–Kier alpha value is -2.76. The largest absolute Gasteiger partial charge is 0.464 e. The van der Waals surface area contributed by atoms with E-state index in [1.807, 2.05) is 32.2 Å². The summed E-state index contributed by atoms with van der Waals surface area (Å²) in [5.41, 5.74) is 2.02. The SMILES string of the molecule is CN=C(NCCc1c[nH]c2ccc(F)cc12)NC(C)c1ccc(C)o1. The molecule has 2 aromatic heterocycles. The number of H-pyrrole nitrogens is 1. The molecule has 0 saturated heterocycles. The molecule has 132 valence electrons. The van der Waals surface area contributed by atoms with E-state index in [1.165, 1.54) is 6.07 Å². The fraction of sp³-hybridized carbons (Fsp3) is 0.316. The highest BCUT2D eigenvalue weighted by Gasteiger charge is 2.11. The number of furan rings is 1. The zero-order valence-electron chi connectivity index (χ0n) is 14.7. The van der Waals surface area contributed by atoms with Gasteiger partial charge < -0.3 is 20.0 Å². The quantitative estimate of drug-likeness (QED) is 0.489. The van der Waals surface area contributed by atoms with Crippen LogP contribution >= 0.6 is 0 Å². The summed E-state index contributed by atoms with van der Waals surface area (Å²) >= 11 is 0. The number of aryl methyl sites for hydroxylation is 1. The minimum atomic E-state index is -0.221. The minimum absolute atomic E-state index is 0.0158. The van der Waals surface area contributed by atoms with Gasteiger partial charge in [0.15, 0.2) is 5.96 Å². The highest BCUT2D eigenvalue weighted by Crippen LogP contribution is 2.19. The predicted octanol–water partition coefficient (Wildman–Crippen LogP) is 3.68. The van der Waals surface area contributed by atoms with Gasteiger partial charge in [-0.15, -0.1) is 0 Å². The summed E-state index contributed by atoms with van der Waals surface area (Å²) in [5.74, 6) is 2.24. The smallest absolute Gasteiger partial charge is 0.191 e. The van der Waals surface area contributed by atoms with E-state index in [0.29, 0.717) is 12.5 Å². The second kappa shape index (κ2) is 7.42. The van der Waals surface area contributed by atoms with Gasteiger partial charge in [0.25, 0.3) is 0 Å². The third kappa shape index (κ3) is 4.02. The topological polar surface area (TPSA) is 65.3 Å². The molecular weight excluding hydrogens is 319 g/mol. The van der Waals surface area contributed by atoms with Gasteiger partial charge in [0.2, 0.25) is 0 Å². The van der Waals surface area contributed by atoms with Crippen molar-refractivity contribution >= 4 is 16.9 Å². The number of guanidine groups is 1. The third-order valence-electron chi connectivity index (χ3n) is 4.18. The van der Waals surface area contributed by atoms with Crippen LogP contribution in [-0.2, 0) is 6.42 Å². The van der Waals surface area contributed by atoms with Crippen molar-refractivity contribution in [3.05, 3.63) is 59.4 Å². The van der Waals surface area contributed by atoms with Crippen LogP contribution in [0.3, 0.4) is 0 Å². The lowest BCUT2D eigenvalue weighted by molar-refractivity contribution is 0.441. The Morgan fingerprint density at radius 1 is 1.32 bits per heavy atom. The number of nitrogens with zero attached hydrogens (tertiary/aromatic N) is 1. The average Bonchev–Trinajstić information content (AvgIpc) is 3.20. The fourth-order valence-electron chi connectivity index (χ4n) is 2.83. The Morgan fingerprint density at radius 2 is 2.16 bits per heavy atom. The van der Waals surface area contributed by atoms with Crippen LogP contribution in [0.15, 0.2) is 45.9 Å². The second-order valence-corrected chi connectivity index (χ2v) is 6.07. The molecule has 0 spiro atoms. The maximum absolute atomic E-state index is 13.4. The van der Waals surface area contributed by atoms with E-state index < -0.39 is 0 Å². The zero-order valence-corrected chi connectivity index (χ0v) is 14.7. The van der Waals surface area contributed by atoms with Gasteiger partial charge >= 0.3 is 0 Å². The Bertz CT molecular complexity index is 881. The van der Waals surface area contributed by atoms with E-state index in [4.69, 9.17) is 4.42 Å². The van der Waals surface area contributed by atoms with E-state index in [1.54, 1.807) is 19.2 Å². The number of aliphatic imine (C=N–C) groups is 1. The molecule has 25 heavy (non-hydrogen) atoms. The molecular formula is C19H23FN4O. The minimum Gasteiger partial charge on any atom is -0.464 e. The molecule has 2 heterocycles. The summed E-state index contributed by atoms with van der Waals surface area (Å²) in [5, 5.41) is 7.50. The van der Waals surface area contributed by atoms with Crippen molar-refractivity contribution in [2.75, 3.05) is 13.6 Å². The number of aromatic amines is 1. The highest BCUT2D eigenvalue weighted by atomic mass is 19.1. The summed E-state index contributed by atoms with van der Waals surface area (Å²) < 4.78 is 19.1. The Kier molecular flexibility index (Phi) is 5.07. The molecule has 1 aromatic carbocycles. The number of aromatic nitrogens is 1. The molecule has 0 aliphatic heterocycles. The molecule has 3 aromatic rings. The lowest BCUT2D eigenvalue weighted by atomic mass is 10.1. The van der Waals surface area contributed by atoms with Crippen LogP contribution in [-0.4, -0.2) is 24.5 Å². The van der Waals surface area contributed by atoms with Crippen LogP contribution in [0.5, 0.6) is 0 Å². The number of nitrogens with one attached hydrogen (secondary N) is 3. The van der Waals surface area contributed by atoms with Crippen LogP contribution < -0.4 is 10.6 Å². The summed E-state index contributed by atoms with van der Waals surface area (Å²) in [6.45, 7) is 4.63. The molecule has 0 bridgehead atoms. The molecule has 0 amide bonds. The van der Waals surface area contributed by atoms with Gasteiger partial charge in [-0.05, 0) is 56.2 Å². The number of hydrogen-bond acceptors (Lipinski definition) is 2. The van der Waals surface area contributed by atoms with Gasteiger partial charge in [-0.2, -0.15) is 0 Å². The predicted molar refractivity (Wildman–Crippen MR) is 98.3 cm³/mol. The third-order valence-corrected chi connectivity index (χ3v) is 4.18. The number of halogens is 1. The fourth-order valence-corrected chi connectivity index (χ4v) is 2.83. The molecule has 0 aliphatic carbocycles. The number of benzene rings is 1. The monoisotopic (exact) mass is 342 g/mol.